The van der Waals surface area contributed by atoms with Gasteiger partial charge in [-0.1, -0.05) is 12.1 Å². The third-order valence-corrected chi connectivity index (χ3v) is 4.56. The Kier molecular flexibility index (Phi) is 4.45. The van der Waals surface area contributed by atoms with E-state index in [-0.39, 0.29) is 12.5 Å². The number of aliphatic hydroxyl groups is 1. The summed E-state index contributed by atoms with van der Waals surface area (Å²) in [4.78, 5) is 16.3. The van der Waals surface area contributed by atoms with Crippen molar-refractivity contribution in [3.63, 3.8) is 0 Å². The summed E-state index contributed by atoms with van der Waals surface area (Å²) in [7, 11) is 0. The summed E-state index contributed by atoms with van der Waals surface area (Å²) in [6, 6.07) is 9.71. The van der Waals surface area contributed by atoms with Crippen LogP contribution in [0.1, 0.15) is 18.9 Å². The predicted molar refractivity (Wildman–Crippen MR) is 91.2 cm³/mol. The highest BCUT2D eigenvalue weighted by Crippen LogP contribution is 2.22. The van der Waals surface area contributed by atoms with Crippen LogP contribution in [0.15, 0.2) is 47.4 Å². The number of aromatic nitrogens is 2. The number of rotatable bonds is 6. The first kappa shape index (κ1) is 15.7. The number of aryl methyl sites for hydroxylation is 1. The normalized spacial score (nSPS) is 13.8. The number of fused-ring (bicyclic) bond motifs is 1. The Morgan fingerprint density at radius 2 is 2.22 bits per heavy atom. The Labute approximate surface area is 138 Å². The average molecular weight is 329 g/mol. The third-order valence-electron chi connectivity index (χ3n) is 3.88. The molecule has 0 saturated carbocycles. The molecule has 2 N–H and O–H groups in total. The van der Waals surface area contributed by atoms with Crippen LogP contribution in [-0.4, -0.2) is 27.1 Å². The fourth-order valence-electron chi connectivity index (χ4n) is 2.44. The fraction of sp³-hybridized carbons (Fsp3) is 0.294. The number of nitrogens with one attached hydrogen (secondary N) is 1. The molecule has 2 heterocycles. The standard InChI is InChI=1S/C17H19N3O2S/c1-17(22,13-7-9-23-10-13)11-18-16(21)6-8-20-12-19-14-4-2-3-5-15(14)20/h2-5,7,9-10,12,22H,6,8,11H2,1H3,(H,18,21)/t17-/m0/s1. The molecule has 0 unspecified atom stereocenters. The van der Waals surface area contributed by atoms with Crippen LogP contribution in [0.3, 0.4) is 0 Å². The van der Waals surface area contributed by atoms with Crippen molar-refractivity contribution in [1.82, 2.24) is 14.9 Å². The zero-order valence-electron chi connectivity index (χ0n) is 12.9. The lowest BCUT2D eigenvalue weighted by Crippen LogP contribution is -2.38. The molecule has 6 heteroatoms. The molecule has 1 amide bonds. The second kappa shape index (κ2) is 6.52. The van der Waals surface area contributed by atoms with Crippen molar-refractivity contribution in [3.8, 4) is 0 Å². The van der Waals surface area contributed by atoms with Crippen molar-refractivity contribution >= 4 is 28.3 Å². The monoisotopic (exact) mass is 329 g/mol. The van der Waals surface area contributed by atoms with Gasteiger partial charge in [-0.15, -0.1) is 0 Å². The van der Waals surface area contributed by atoms with Crippen molar-refractivity contribution in [2.24, 2.45) is 0 Å². The van der Waals surface area contributed by atoms with Crippen LogP contribution in [0.2, 0.25) is 0 Å². The number of thiophene rings is 1. The van der Waals surface area contributed by atoms with Crippen LogP contribution in [0, 0.1) is 0 Å². The van der Waals surface area contributed by atoms with Crippen LogP contribution >= 0.6 is 11.3 Å². The highest BCUT2D eigenvalue weighted by atomic mass is 32.1. The molecule has 120 valence electrons. The van der Waals surface area contributed by atoms with Crippen LogP contribution in [0.5, 0.6) is 0 Å². The molecule has 3 aromatic rings. The topological polar surface area (TPSA) is 67.2 Å². The zero-order valence-corrected chi connectivity index (χ0v) is 13.7. The maximum absolute atomic E-state index is 12.0. The lowest BCUT2D eigenvalue weighted by Gasteiger charge is -2.22. The maximum atomic E-state index is 12.0. The Morgan fingerprint density at radius 3 is 3.00 bits per heavy atom. The Hall–Kier alpha value is -2.18. The lowest BCUT2D eigenvalue weighted by molar-refractivity contribution is -0.122. The van der Waals surface area contributed by atoms with E-state index in [1.807, 2.05) is 45.7 Å². The second-order valence-corrected chi connectivity index (χ2v) is 6.52. The first-order chi connectivity index (χ1) is 11.1. The van der Waals surface area contributed by atoms with Crippen molar-refractivity contribution in [1.29, 1.82) is 0 Å². The molecule has 23 heavy (non-hydrogen) atoms. The van der Waals surface area contributed by atoms with Gasteiger partial charge in [0, 0.05) is 13.0 Å². The second-order valence-electron chi connectivity index (χ2n) is 5.74. The molecule has 0 aliphatic heterocycles. The molecule has 0 fully saturated rings. The Balaban J connectivity index is 1.54. The van der Waals surface area contributed by atoms with Crippen molar-refractivity contribution in [3.05, 3.63) is 53.0 Å². The van der Waals surface area contributed by atoms with E-state index in [9.17, 15) is 9.90 Å². The molecule has 1 aromatic carbocycles. The van der Waals surface area contributed by atoms with Gasteiger partial charge >= 0.3 is 0 Å². The average Bonchev–Trinajstić information content (AvgIpc) is 3.21. The van der Waals surface area contributed by atoms with E-state index in [2.05, 4.69) is 10.3 Å². The Bertz CT molecular complexity index is 793. The summed E-state index contributed by atoms with van der Waals surface area (Å²) in [5.41, 5.74) is 1.72. The van der Waals surface area contributed by atoms with Crippen molar-refractivity contribution in [2.45, 2.75) is 25.5 Å². The van der Waals surface area contributed by atoms with Gasteiger partial charge in [-0.05, 0) is 41.4 Å². The van der Waals surface area contributed by atoms with Gasteiger partial charge in [0.15, 0.2) is 0 Å². The van der Waals surface area contributed by atoms with Gasteiger partial charge in [-0.25, -0.2) is 4.98 Å². The summed E-state index contributed by atoms with van der Waals surface area (Å²) in [5.74, 6) is -0.0849. The molecule has 0 aliphatic rings. The van der Waals surface area contributed by atoms with Crippen molar-refractivity contribution in [2.75, 3.05) is 6.54 Å². The predicted octanol–water partition coefficient (Wildman–Crippen LogP) is 2.51. The Morgan fingerprint density at radius 1 is 1.39 bits per heavy atom. The van der Waals surface area contributed by atoms with E-state index in [4.69, 9.17) is 0 Å². The van der Waals surface area contributed by atoms with Crippen LogP contribution in [0.25, 0.3) is 11.0 Å². The summed E-state index contributed by atoms with van der Waals surface area (Å²) in [6.07, 6.45) is 2.10. The highest BCUT2D eigenvalue weighted by Gasteiger charge is 2.24. The quantitative estimate of drug-likeness (QED) is 0.730. The van der Waals surface area contributed by atoms with Gasteiger partial charge in [-0.3, -0.25) is 4.79 Å². The van der Waals surface area contributed by atoms with Gasteiger partial charge in [-0.2, -0.15) is 11.3 Å². The number of nitrogens with zero attached hydrogens (tertiary/aromatic N) is 2. The minimum atomic E-state index is -1.04. The van der Waals surface area contributed by atoms with E-state index < -0.39 is 5.60 Å². The summed E-state index contributed by atoms with van der Waals surface area (Å²) in [6.45, 7) is 2.47. The number of carbonyl (C=O) groups is 1. The highest BCUT2D eigenvalue weighted by molar-refractivity contribution is 7.08. The molecule has 0 saturated heterocycles. The largest absolute Gasteiger partial charge is 0.384 e. The number of amides is 1. The fourth-order valence-corrected chi connectivity index (χ4v) is 3.23. The smallest absolute Gasteiger partial charge is 0.221 e. The van der Waals surface area contributed by atoms with E-state index in [0.717, 1.165) is 16.6 Å². The van der Waals surface area contributed by atoms with Crippen LogP contribution in [-0.2, 0) is 16.9 Å². The van der Waals surface area contributed by atoms with Gasteiger partial charge in [0.1, 0.15) is 5.60 Å². The van der Waals surface area contributed by atoms with Crippen molar-refractivity contribution < 1.29 is 9.90 Å². The molecule has 1 atom stereocenters. The molecule has 3 rings (SSSR count). The van der Waals surface area contributed by atoms with Gasteiger partial charge in [0.2, 0.25) is 5.91 Å². The first-order valence-electron chi connectivity index (χ1n) is 7.48. The number of carbonyl (C=O) groups excluding carboxylic acids is 1. The minimum absolute atomic E-state index is 0.0849. The molecule has 5 nitrogen and oxygen atoms in total. The number of hydrogen-bond acceptors (Lipinski definition) is 4. The number of para-hydroxylation sites is 2. The number of imidazole rings is 1. The van der Waals surface area contributed by atoms with Gasteiger partial charge < -0.3 is 15.0 Å². The number of hydrogen-bond donors (Lipinski definition) is 2. The SMILES string of the molecule is C[C@](O)(CNC(=O)CCn1cnc2ccccc21)c1ccsc1. The summed E-state index contributed by atoms with van der Waals surface area (Å²) < 4.78 is 1.96. The molecule has 0 spiro atoms. The third kappa shape index (κ3) is 3.60. The molecular weight excluding hydrogens is 310 g/mol. The summed E-state index contributed by atoms with van der Waals surface area (Å²) >= 11 is 1.53. The summed E-state index contributed by atoms with van der Waals surface area (Å²) in [5, 5.41) is 17.0. The van der Waals surface area contributed by atoms with E-state index in [1.54, 1.807) is 13.3 Å². The minimum Gasteiger partial charge on any atom is -0.384 e. The lowest BCUT2D eigenvalue weighted by atomic mass is 9.99. The van der Waals surface area contributed by atoms with E-state index in [1.165, 1.54) is 11.3 Å². The van der Waals surface area contributed by atoms with Crippen LogP contribution < -0.4 is 5.32 Å². The molecule has 0 bridgehead atoms. The molecular formula is C17H19N3O2S. The maximum Gasteiger partial charge on any atom is 0.221 e. The van der Waals surface area contributed by atoms with Gasteiger partial charge in [0.05, 0.1) is 23.9 Å². The van der Waals surface area contributed by atoms with E-state index in [0.29, 0.717) is 13.0 Å². The molecule has 0 radical (unpaired) electrons. The molecule has 2 aromatic heterocycles. The van der Waals surface area contributed by atoms with Crippen LogP contribution in [0.4, 0.5) is 0 Å². The number of benzene rings is 1. The zero-order chi connectivity index (χ0) is 16.3. The molecule has 0 aliphatic carbocycles. The first-order valence-corrected chi connectivity index (χ1v) is 8.42. The van der Waals surface area contributed by atoms with E-state index >= 15 is 0 Å². The van der Waals surface area contributed by atoms with Gasteiger partial charge in [0.25, 0.3) is 0 Å².